The number of benzene rings is 2. The molecule has 0 aliphatic heterocycles. The van der Waals surface area contributed by atoms with Crippen LogP contribution >= 0.6 is 0 Å². The summed E-state index contributed by atoms with van der Waals surface area (Å²) in [6.45, 7) is 0.315. The fourth-order valence-corrected chi connectivity index (χ4v) is 4.85. The van der Waals surface area contributed by atoms with Gasteiger partial charge in [0.05, 0.1) is 21.3 Å². The van der Waals surface area contributed by atoms with E-state index in [9.17, 15) is 4.79 Å². The molecule has 3 rings (SSSR count). The Kier molecular flexibility index (Phi) is 11.8. The van der Waals surface area contributed by atoms with E-state index in [1.165, 1.54) is 51.0 Å². The van der Waals surface area contributed by atoms with Crippen LogP contribution in [0.1, 0.15) is 76.2 Å². The van der Waals surface area contributed by atoms with Crippen LogP contribution in [0.25, 0.3) is 22.3 Å². The Morgan fingerprint density at radius 1 is 0.730 bits per heavy atom. The number of unbranched alkanes of at least 4 members (excludes halogenated alkanes) is 10. The Morgan fingerprint density at radius 3 is 1.86 bits per heavy atom. The standard InChI is InChI=1S/C31H42O6/c1-34-24-18-16-23(17-19-24)27-21-26(33)30-29(37-27)22-28(35-2)25(31(30)36-3)15-13-11-9-7-5-4-6-8-10-12-14-20-32/h16-19,21-22,32H,4-15,20H2,1-3H3. The van der Waals surface area contributed by atoms with Gasteiger partial charge < -0.3 is 23.7 Å². The number of ether oxygens (including phenoxy) is 3. The van der Waals surface area contributed by atoms with E-state index in [1.807, 2.05) is 30.3 Å². The highest BCUT2D eigenvalue weighted by Gasteiger charge is 2.20. The molecule has 37 heavy (non-hydrogen) atoms. The zero-order valence-electron chi connectivity index (χ0n) is 22.6. The molecule has 1 N–H and O–H groups in total. The molecule has 0 spiro atoms. The van der Waals surface area contributed by atoms with Crippen LogP contribution in [0.4, 0.5) is 0 Å². The fourth-order valence-electron chi connectivity index (χ4n) is 4.85. The molecule has 6 heteroatoms. The lowest BCUT2D eigenvalue weighted by molar-refractivity contribution is 0.282. The van der Waals surface area contributed by atoms with E-state index in [1.54, 1.807) is 21.3 Å². The van der Waals surface area contributed by atoms with Crippen molar-refractivity contribution in [3.63, 3.8) is 0 Å². The quantitative estimate of drug-likeness (QED) is 0.192. The number of hydrogen-bond acceptors (Lipinski definition) is 6. The number of aliphatic hydroxyl groups is 1. The highest BCUT2D eigenvalue weighted by Crippen LogP contribution is 2.38. The third kappa shape index (κ3) is 8.00. The minimum absolute atomic E-state index is 0.135. The monoisotopic (exact) mass is 510 g/mol. The van der Waals surface area contributed by atoms with Gasteiger partial charge in [-0.05, 0) is 43.5 Å². The van der Waals surface area contributed by atoms with E-state index in [0.29, 0.717) is 34.8 Å². The number of hydrogen-bond donors (Lipinski definition) is 1. The predicted octanol–water partition coefficient (Wildman–Crippen LogP) is 7.31. The second-order valence-corrected chi connectivity index (χ2v) is 9.53. The Labute approximate surface area is 220 Å². The van der Waals surface area contributed by atoms with Gasteiger partial charge in [0.25, 0.3) is 0 Å². The van der Waals surface area contributed by atoms with E-state index in [0.717, 1.165) is 49.0 Å². The molecule has 202 valence electrons. The number of rotatable bonds is 17. The first-order valence-corrected chi connectivity index (χ1v) is 13.6. The zero-order valence-corrected chi connectivity index (χ0v) is 22.6. The highest BCUT2D eigenvalue weighted by molar-refractivity contribution is 5.88. The number of aliphatic hydroxyl groups excluding tert-OH is 1. The van der Waals surface area contributed by atoms with E-state index in [2.05, 4.69) is 0 Å². The number of fused-ring (bicyclic) bond motifs is 1. The molecule has 0 fully saturated rings. The van der Waals surface area contributed by atoms with Crippen molar-refractivity contribution in [3.05, 3.63) is 52.2 Å². The maximum absolute atomic E-state index is 13.2. The average Bonchev–Trinajstić information content (AvgIpc) is 2.93. The first-order chi connectivity index (χ1) is 18.1. The topological polar surface area (TPSA) is 78.1 Å². The highest BCUT2D eigenvalue weighted by atomic mass is 16.5. The van der Waals surface area contributed by atoms with E-state index in [-0.39, 0.29) is 5.43 Å². The molecule has 1 heterocycles. The van der Waals surface area contributed by atoms with Gasteiger partial charge in [-0.15, -0.1) is 0 Å². The van der Waals surface area contributed by atoms with Crippen LogP contribution in [0.3, 0.4) is 0 Å². The second kappa shape index (κ2) is 15.3. The van der Waals surface area contributed by atoms with Gasteiger partial charge in [-0.25, -0.2) is 0 Å². The lowest BCUT2D eigenvalue weighted by atomic mass is 10.00. The van der Waals surface area contributed by atoms with Gasteiger partial charge in [0, 0.05) is 29.9 Å². The van der Waals surface area contributed by atoms with Crippen molar-refractivity contribution in [1.82, 2.24) is 0 Å². The lowest BCUT2D eigenvalue weighted by Gasteiger charge is -2.16. The van der Waals surface area contributed by atoms with Crippen molar-refractivity contribution >= 4 is 11.0 Å². The fraction of sp³-hybridized carbons (Fsp3) is 0.516. The van der Waals surface area contributed by atoms with Crippen molar-refractivity contribution < 1.29 is 23.7 Å². The minimum Gasteiger partial charge on any atom is -0.497 e. The normalized spacial score (nSPS) is 11.1. The molecule has 3 aromatic rings. The Morgan fingerprint density at radius 2 is 1.32 bits per heavy atom. The van der Waals surface area contributed by atoms with E-state index >= 15 is 0 Å². The third-order valence-corrected chi connectivity index (χ3v) is 6.92. The molecule has 0 aliphatic rings. The molecule has 6 nitrogen and oxygen atoms in total. The summed E-state index contributed by atoms with van der Waals surface area (Å²) in [6, 6.07) is 10.7. The van der Waals surface area contributed by atoms with Gasteiger partial charge in [-0.1, -0.05) is 57.8 Å². The Balaban J connectivity index is 1.62. The first kappa shape index (κ1) is 28.6. The van der Waals surface area contributed by atoms with Gasteiger partial charge in [-0.2, -0.15) is 0 Å². The molecule has 0 aliphatic carbocycles. The number of methoxy groups -OCH3 is 3. The second-order valence-electron chi connectivity index (χ2n) is 9.53. The van der Waals surface area contributed by atoms with Gasteiger partial charge in [0.1, 0.15) is 34.0 Å². The van der Waals surface area contributed by atoms with Gasteiger partial charge in [-0.3, -0.25) is 4.79 Å². The maximum atomic E-state index is 13.2. The van der Waals surface area contributed by atoms with Gasteiger partial charge >= 0.3 is 0 Å². The van der Waals surface area contributed by atoms with Crippen LogP contribution in [-0.2, 0) is 6.42 Å². The maximum Gasteiger partial charge on any atom is 0.197 e. The van der Waals surface area contributed by atoms with Crippen molar-refractivity contribution in [2.45, 2.75) is 77.0 Å². The predicted molar refractivity (Wildman–Crippen MR) is 149 cm³/mol. The van der Waals surface area contributed by atoms with Crippen LogP contribution in [0, 0.1) is 0 Å². The van der Waals surface area contributed by atoms with Crippen LogP contribution < -0.4 is 19.6 Å². The summed E-state index contributed by atoms with van der Waals surface area (Å²) in [5.41, 5.74) is 2.03. The summed E-state index contributed by atoms with van der Waals surface area (Å²) in [4.78, 5) is 13.2. The summed E-state index contributed by atoms with van der Waals surface area (Å²) in [5.74, 6) is 2.46. The molecular weight excluding hydrogens is 468 g/mol. The molecule has 1 aromatic heterocycles. The van der Waals surface area contributed by atoms with E-state index in [4.69, 9.17) is 23.7 Å². The molecule has 2 aromatic carbocycles. The summed E-state index contributed by atoms with van der Waals surface area (Å²) in [5, 5.41) is 9.28. The average molecular weight is 511 g/mol. The first-order valence-electron chi connectivity index (χ1n) is 13.6. The molecule has 0 bridgehead atoms. The zero-order chi connectivity index (χ0) is 26.5. The van der Waals surface area contributed by atoms with Crippen LogP contribution in [0.2, 0.25) is 0 Å². The van der Waals surface area contributed by atoms with Crippen molar-refractivity contribution in [2.24, 2.45) is 0 Å². The van der Waals surface area contributed by atoms with Crippen molar-refractivity contribution in [1.29, 1.82) is 0 Å². The molecule has 0 atom stereocenters. The lowest BCUT2D eigenvalue weighted by Crippen LogP contribution is -2.06. The Hall–Kier alpha value is -2.99. The van der Waals surface area contributed by atoms with Gasteiger partial charge in [0.15, 0.2) is 5.43 Å². The summed E-state index contributed by atoms with van der Waals surface area (Å²) < 4.78 is 22.8. The van der Waals surface area contributed by atoms with Crippen LogP contribution in [-0.4, -0.2) is 33.0 Å². The Bertz CT molecular complexity index is 1150. The largest absolute Gasteiger partial charge is 0.497 e. The molecular formula is C31H42O6. The molecule has 0 unspecified atom stereocenters. The van der Waals surface area contributed by atoms with Gasteiger partial charge in [0.2, 0.25) is 0 Å². The summed E-state index contributed by atoms with van der Waals surface area (Å²) in [7, 11) is 4.85. The van der Waals surface area contributed by atoms with Crippen LogP contribution in [0.15, 0.2) is 45.6 Å². The summed E-state index contributed by atoms with van der Waals surface area (Å²) in [6.07, 6.45) is 13.8. The van der Waals surface area contributed by atoms with Crippen molar-refractivity contribution in [2.75, 3.05) is 27.9 Å². The van der Waals surface area contributed by atoms with E-state index < -0.39 is 0 Å². The molecule has 0 saturated heterocycles. The SMILES string of the molecule is COc1ccc(-c2cc(=O)c3c(OC)c(CCCCCCCCCCCCCO)c(OC)cc3o2)cc1. The third-order valence-electron chi connectivity index (χ3n) is 6.92. The smallest absolute Gasteiger partial charge is 0.197 e. The minimum atomic E-state index is -0.135. The molecule has 0 radical (unpaired) electrons. The van der Waals surface area contributed by atoms with Crippen molar-refractivity contribution in [3.8, 4) is 28.6 Å². The van der Waals surface area contributed by atoms with Crippen LogP contribution in [0.5, 0.6) is 17.2 Å². The molecule has 0 saturated carbocycles. The molecule has 0 amide bonds. The summed E-state index contributed by atoms with van der Waals surface area (Å²) >= 11 is 0.